The number of carbonyl (C=O) groups excluding carboxylic acids is 1. The molecule has 0 bridgehead atoms. The van der Waals surface area contributed by atoms with Gasteiger partial charge in [-0.15, -0.1) is 16.4 Å². The van der Waals surface area contributed by atoms with Gasteiger partial charge in [-0.1, -0.05) is 46.6 Å². The number of rotatable bonds is 4. The molecule has 1 N–H and O–H groups in total. The highest BCUT2D eigenvalue weighted by Gasteiger charge is 2.16. The summed E-state index contributed by atoms with van der Waals surface area (Å²) in [6.07, 6.45) is 0.0914. The van der Waals surface area contributed by atoms with Crippen LogP contribution in [0.5, 0.6) is 0 Å². The molecule has 0 saturated carbocycles. The molecule has 0 unspecified atom stereocenters. The van der Waals surface area contributed by atoms with Crippen molar-refractivity contribution in [1.29, 1.82) is 0 Å². The van der Waals surface area contributed by atoms with E-state index in [1.807, 2.05) is 30.5 Å². The summed E-state index contributed by atoms with van der Waals surface area (Å²) in [5.41, 5.74) is 5.54. The van der Waals surface area contributed by atoms with Gasteiger partial charge in [0.1, 0.15) is 5.69 Å². The summed E-state index contributed by atoms with van der Waals surface area (Å²) < 4.78 is 7.05. The van der Waals surface area contributed by atoms with Gasteiger partial charge in [-0.3, -0.25) is 10.1 Å². The number of hydrogen-bond donors (Lipinski definition) is 1. The first kappa shape index (κ1) is 17.6. The summed E-state index contributed by atoms with van der Waals surface area (Å²) in [4.78, 5) is 17.7. The molecule has 0 atom stereocenters. The van der Waals surface area contributed by atoms with Gasteiger partial charge in [0.15, 0.2) is 5.58 Å². The molecular formula is C21H17N5O2S. The highest BCUT2D eigenvalue weighted by Crippen LogP contribution is 2.26. The van der Waals surface area contributed by atoms with Crippen LogP contribution in [-0.2, 0) is 11.2 Å². The molecule has 0 radical (unpaired) electrons. The number of hydrogen-bond acceptors (Lipinski definition) is 6. The van der Waals surface area contributed by atoms with Crippen LogP contribution in [0.2, 0.25) is 0 Å². The fraction of sp³-hybridized carbons (Fsp3) is 0.143. The molecule has 0 fully saturated rings. The number of thiazole rings is 1. The lowest BCUT2D eigenvalue weighted by Gasteiger charge is -2.00. The predicted molar refractivity (Wildman–Crippen MR) is 112 cm³/mol. The van der Waals surface area contributed by atoms with Crippen molar-refractivity contribution in [1.82, 2.24) is 19.8 Å². The number of nitrogens with zero attached hydrogens (tertiary/aromatic N) is 4. The number of fused-ring (bicyclic) bond motifs is 2. The first-order valence-corrected chi connectivity index (χ1v) is 10.0. The molecule has 3 aromatic heterocycles. The zero-order chi connectivity index (χ0) is 20.0. The molecule has 2 aromatic carbocycles. The van der Waals surface area contributed by atoms with Crippen LogP contribution in [-0.4, -0.2) is 25.7 Å². The number of anilines is 1. The van der Waals surface area contributed by atoms with Gasteiger partial charge in [-0.25, -0.2) is 4.52 Å². The first-order valence-electron chi connectivity index (χ1n) is 9.13. The quantitative estimate of drug-likeness (QED) is 0.481. The van der Waals surface area contributed by atoms with E-state index < -0.39 is 0 Å². The average molecular weight is 403 g/mol. The van der Waals surface area contributed by atoms with E-state index in [0.29, 0.717) is 11.3 Å². The van der Waals surface area contributed by atoms with Crippen LogP contribution in [0.25, 0.3) is 27.2 Å². The molecule has 29 heavy (non-hydrogen) atoms. The third kappa shape index (κ3) is 3.27. The van der Waals surface area contributed by atoms with Gasteiger partial charge in [0.05, 0.1) is 12.1 Å². The maximum Gasteiger partial charge on any atom is 0.250 e. The highest BCUT2D eigenvalue weighted by molar-refractivity contribution is 7.15. The van der Waals surface area contributed by atoms with Gasteiger partial charge in [-0.2, -0.15) is 4.98 Å². The van der Waals surface area contributed by atoms with Gasteiger partial charge in [0.25, 0.3) is 0 Å². The van der Waals surface area contributed by atoms with E-state index in [9.17, 15) is 4.79 Å². The summed E-state index contributed by atoms with van der Waals surface area (Å²) >= 11 is 1.48. The van der Waals surface area contributed by atoms with E-state index in [1.54, 1.807) is 4.52 Å². The molecule has 0 aliphatic heterocycles. The van der Waals surface area contributed by atoms with Crippen LogP contribution in [0.4, 0.5) is 5.95 Å². The van der Waals surface area contributed by atoms with E-state index in [2.05, 4.69) is 51.7 Å². The van der Waals surface area contributed by atoms with Crippen molar-refractivity contribution in [2.75, 3.05) is 5.32 Å². The monoisotopic (exact) mass is 403 g/mol. The van der Waals surface area contributed by atoms with E-state index in [4.69, 9.17) is 4.52 Å². The molecular weight excluding hydrogens is 386 g/mol. The average Bonchev–Trinajstić information content (AvgIpc) is 3.37. The number of carbonyl (C=O) groups is 1. The summed E-state index contributed by atoms with van der Waals surface area (Å²) in [6.45, 7) is 4.04. The molecule has 1 amide bonds. The molecule has 8 heteroatoms. The molecule has 0 saturated heterocycles. The molecule has 0 aliphatic rings. The Morgan fingerprint density at radius 3 is 2.76 bits per heavy atom. The molecule has 5 rings (SSSR count). The Labute approximate surface area is 170 Å². The minimum absolute atomic E-state index is 0.0914. The molecule has 5 aromatic rings. The molecule has 144 valence electrons. The van der Waals surface area contributed by atoms with Crippen molar-refractivity contribution in [3.05, 3.63) is 64.7 Å². The van der Waals surface area contributed by atoms with Gasteiger partial charge in [0, 0.05) is 16.3 Å². The first-order chi connectivity index (χ1) is 14.1. The lowest BCUT2D eigenvalue weighted by molar-refractivity contribution is -0.115. The Bertz CT molecular complexity index is 1350. The van der Waals surface area contributed by atoms with E-state index in [0.717, 1.165) is 27.2 Å². The number of benzene rings is 2. The SMILES string of the molecule is Cc1ccc(-c2csc3nc(NC(=O)Cc4noc5ccc(C)cc45)nn23)cc1. The zero-order valence-corrected chi connectivity index (χ0v) is 16.7. The van der Waals surface area contributed by atoms with Crippen LogP contribution >= 0.6 is 11.3 Å². The van der Waals surface area contributed by atoms with Crippen LogP contribution in [0.1, 0.15) is 16.8 Å². The number of aryl methyl sites for hydroxylation is 2. The second-order valence-corrected chi connectivity index (χ2v) is 7.81. The Morgan fingerprint density at radius 1 is 1.14 bits per heavy atom. The minimum atomic E-state index is -0.239. The van der Waals surface area contributed by atoms with Crippen molar-refractivity contribution in [3.63, 3.8) is 0 Å². The topological polar surface area (TPSA) is 85.3 Å². The van der Waals surface area contributed by atoms with Crippen LogP contribution in [0, 0.1) is 13.8 Å². The third-order valence-corrected chi connectivity index (χ3v) is 5.52. The minimum Gasteiger partial charge on any atom is -0.356 e. The summed E-state index contributed by atoms with van der Waals surface area (Å²) in [5.74, 6) is 0.0380. The second-order valence-electron chi connectivity index (χ2n) is 6.97. The number of aromatic nitrogens is 4. The summed E-state index contributed by atoms with van der Waals surface area (Å²) in [5, 5.41) is 14.1. The third-order valence-electron chi connectivity index (χ3n) is 4.71. The number of amides is 1. The zero-order valence-electron chi connectivity index (χ0n) is 15.8. The smallest absolute Gasteiger partial charge is 0.250 e. The standard InChI is InChI=1S/C21H17N5O2S/c1-12-3-6-14(7-4-12)17-11-29-21-23-20(24-26(17)21)22-19(27)10-16-15-9-13(2)5-8-18(15)28-25-16/h3-9,11H,10H2,1-2H3,(H,22,24,27). The molecule has 3 heterocycles. The van der Waals surface area contributed by atoms with Crippen molar-refractivity contribution in [2.24, 2.45) is 0 Å². The van der Waals surface area contributed by atoms with Crippen LogP contribution in [0.15, 0.2) is 52.4 Å². The Kier molecular flexibility index (Phi) is 4.13. The lowest BCUT2D eigenvalue weighted by atomic mass is 10.1. The Hall–Kier alpha value is -3.52. The fourth-order valence-corrected chi connectivity index (χ4v) is 4.04. The van der Waals surface area contributed by atoms with Gasteiger partial charge in [0.2, 0.25) is 16.8 Å². The van der Waals surface area contributed by atoms with Crippen molar-refractivity contribution < 1.29 is 9.32 Å². The van der Waals surface area contributed by atoms with Crippen molar-refractivity contribution in [2.45, 2.75) is 20.3 Å². The fourth-order valence-electron chi connectivity index (χ4n) is 3.21. The lowest BCUT2D eigenvalue weighted by Crippen LogP contribution is -2.15. The van der Waals surface area contributed by atoms with E-state index in [-0.39, 0.29) is 18.3 Å². The van der Waals surface area contributed by atoms with Crippen molar-refractivity contribution in [3.8, 4) is 11.3 Å². The molecule has 0 aliphatic carbocycles. The normalized spacial score (nSPS) is 11.4. The van der Waals surface area contributed by atoms with Crippen LogP contribution < -0.4 is 5.32 Å². The Balaban J connectivity index is 1.38. The maximum atomic E-state index is 12.5. The predicted octanol–water partition coefficient (Wildman–Crippen LogP) is 4.40. The second kappa shape index (κ2) is 6.82. The summed E-state index contributed by atoms with van der Waals surface area (Å²) in [6, 6.07) is 14.0. The summed E-state index contributed by atoms with van der Waals surface area (Å²) in [7, 11) is 0. The van der Waals surface area contributed by atoms with E-state index in [1.165, 1.54) is 16.9 Å². The molecule has 0 spiro atoms. The highest BCUT2D eigenvalue weighted by atomic mass is 32.1. The molecule has 7 nitrogen and oxygen atoms in total. The maximum absolute atomic E-state index is 12.5. The largest absolute Gasteiger partial charge is 0.356 e. The van der Waals surface area contributed by atoms with Gasteiger partial charge < -0.3 is 4.52 Å². The van der Waals surface area contributed by atoms with Gasteiger partial charge in [-0.05, 0) is 26.0 Å². The Morgan fingerprint density at radius 2 is 1.93 bits per heavy atom. The van der Waals surface area contributed by atoms with Crippen molar-refractivity contribution >= 4 is 39.1 Å². The van der Waals surface area contributed by atoms with Crippen LogP contribution in [0.3, 0.4) is 0 Å². The number of nitrogens with one attached hydrogen (secondary N) is 1. The van der Waals surface area contributed by atoms with Gasteiger partial charge >= 0.3 is 0 Å². The van der Waals surface area contributed by atoms with E-state index >= 15 is 0 Å².